The lowest BCUT2D eigenvalue weighted by atomic mass is 10.0. The van der Waals surface area contributed by atoms with Gasteiger partial charge in [0.05, 0.1) is 19.3 Å². The number of aryl methyl sites for hydroxylation is 1. The van der Waals surface area contributed by atoms with Gasteiger partial charge < -0.3 is 14.8 Å². The van der Waals surface area contributed by atoms with Gasteiger partial charge in [-0.25, -0.2) is 0 Å². The van der Waals surface area contributed by atoms with Crippen LogP contribution in [0, 0.1) is 6.92 Å². The van der Waals surface area contributed by atoms with Gasteiger partial charge in [-0.05, 0) is 41.7 Å². The van der Waals surface area contributed by atoms with E-state index in [0.29, 0.717) is 30.7 Å². The van der Waals surface area contributed by atoms with Gasteiger partial charge in [-0.1, -0.05) is 55.8 Å². The van der Waals surface area contributed by atoms with E-state index in [-0.39, 0.29) is 18.6 Å². The molecule has 3 rings (SSSR count). The molecule has 1 unspecified atom stereocenters. The van der Waals surface area contributed by atoms with Crippen molar-refractivity contribution in [3.63, 3.8) is 0 Å². The minimum absolute atomic E-state index is 0.00301. The first-order valence-corrected chi connectivity index (χ1v) is 10.9. The molecule has 0 aromatic heterocycles. The van der Waals surface area contributed by atoms with Crippen molar-refractivity contribution < 1.29 is 14.3 Å². The molecule has 2 aromatic rings. The fourth-order valence-corrected chi connectivity index (χ4v) is 3.98. The Kier molecular flexibility index (Phi) is 8.14. The van der Waals surface area contributed by atoms with Crippen LogP contribution in [0.25, 0.3) is 0 Å². The van der Waals surface area contributed by atoms with Crippen molar-refractivity contribution in [2.45, 2.75) is 32.7 Å². The molecular weight excluding hydrogens is 400 g/mol. The highest BCUT2D eigenvalue weighted by Gasteiger charge is 2.25. The Morgan fingerprint density at radius 1 is 1.17 bits per heavy atom. The number of rotatable bonds is 8. The van der Waals surface area contributed by atoms with Gasteiger partial charge >= 0.3 is 0 Å². The van der Waals surface area contributed by atoms with E-state index in [1.165, 1.54) is 0 Å². The SMILES string of the molecule is Cc1ccc(C(C)C)c(OCC(=O)NCC(c2ccccc2Cl)N2CCOCC2)c1. The summed E-state index contributed by atoms with van der Waals surface area (Å²) < 4.78 is 11.4. The van der Waals surface area contributed by atoms with Gasteiger partial charge in [-0.3, -0.25) is 9.69 Å². The second-order valence-electron chi connectivity index (χ2n) is 7.97. The third-order valence-corrected chi connectivity index (χ3v) is 5.74. The second-order valence-corrected chi connectivity index (χ2v) is 8.38. The summed E-state index contributed by atoms with van der Waals surface area (Å²) in [6.07, 6.45) is 0. The Morgan fingerprint density at radius 2 is 1.90 bits per heavy atom. The Labute approximate surface area is 184 Å². The van der Waals surface area contributed by atoms with Gasteiger partial charge in [-0.15, -0.1) is 0 Å². The second kappa shape index (κ2) is 10.8. The van der Waals surface area contributed by atoms with Gasteiger partial charge in [0.2, 0.25) is 0 Å². The Balaban J connectivity index is 1.63. The first-order valence-electron chi connectivity index (χ1n) is 10.5. The number of hydrogen-bond donors (Lipinski definition) is 1. The highest BCUT2D eigenvalue weighted by molar-refractivity contribution is 6.31. The summed E-state index contributed by atoms with van der Waals surface area (Å²) in [5.41, 5.74) is 3.24. The molecule has 1 fully saturated rings. The standard InChI is InChI=1S/C24H31ClN2O3/c1-17(2)19-9-8-18(3)14-23(19)30-16-24(28)26-15-22(27-10-12-29-13-11-27)20-6-4-5-7-21(20)25/h4-9,14,17,22H,10-13,15-16H2,1-3H3,(H,26,28). The minimum Gasteiger partial charge on any atom is -0.483 e. The lowest BCUT2D eigenvalue weighted by Gasteiger charge is -2.35. The highest BCUT2D eigenvalue weighted by atomic mass is 35.5. The first-order chi connectivity index (χ1) is 14.5. The number of nitrogens with one attached hydrogen (secondary N) is 1. The molecule has 1 atom stereocenters. The molecule has 2 aromatic carbocycles. The summed E-state index contributed by atoms with van der Waals surface area (Å²) in [5.74, 6) is 0.960. The lowest BCUT2D eigenvalue weighted by Crippen LogP contribution is -2.44. The van der Waals surface area contributed by atoms with Gasteiger partial charge in [0.15, 0.2) is 6.61 Å². The van der Waals surface area contributed by atoms with Crippen LogP contribution in [0.5, 0.6) is 5.75 Å². The van der Waals surface area contributed by atoms with Crippen molar-refractivity contribution in [1.82, 2.24) is 10.2 Å². The maximum atomic E-state index is 12.6. The fourth-order valence-electron chi connectivity index (χ4n) is 3.72. The van der Waals surface area contributed by atoms with E-state index in [1.54, 1.807) is 0 Å². The highest BCUT2D eigenvalue weighted by Crippen LogP contribution is 2.29. The van der Waals surface area contributed by atoms with E-state index < -0.39 is 0 Å². The Morgan fingerprint density at radius 3 is 2.60 bits per heavy atom. The van der Waals surface area contributed by atoms with Crippen LogP contribution in [0.15, 0.2) is 42.5 Å². The zero-order valence-electron chi connectivity index (χ0n) is 18.0. The third kappa shape index (κ3) is 5.97. The molecule has 6 heteroatoms. The molecular formula is C24H31ClN2O3. The first kappa shape index (κ1) is 22.6. The molecule has 30 heavy (non-hydrogen) atoms. The number of carbonyl (C=O) groups is 1. The Bertz CT molecular complexity index is 850. The summed E-state index contributed by atoms with van der Waals surface area (Å²) in [6, 6.07) is 13.9. The Hall–Kier alpha value is -2.08. The van der Waals surface area contributed by atoms with E-state index in [4.69, 9.17) is 21.1 Å². The van der Waals surface area contributed by atoms with Crippen molar-refractivity contribution in [3.8, 4) is 5.75 Å². The van der Waals surface area contributed by atoms with Crippen LogP contribution in [-0.4, -0.2) is 50.3 Å². The van der Waals surface area contributed by atoms with Crippen LogP contribution in [0.1, 0.15) is 42.5 Å². The molecule has 1 amide bonds. The average Bonchev–Trinajstić information content (AvgIpc) is 2.74. The molecule has 1 heterocycles. The normalized spacial score (nSPS) is 15.8. The molecule has 5 nitrogen and oxygen atoms in total. The third-order valence-electron chi connectivity index (χ3n) is 5.39. The molecule has 1 aliphatic rings. The molecule has 1 aliphatic heterocycles. The summed E-state index contributed by atoms with van der Waals surface area (Å²) in [7, 11) is 0. The molecule has 1 N–H and O–H groups in total. The number of morpholine rings is 1. The quantitative estimate of drug-likeness (QED) is 0.676. The fraction of sp³-hybridized carbons (Fsp3) is 0.458. The van der Waals surface area contributed by atoms with Crippen LogP contribution < -0.4 is 10.1 Å². The number of amides is 1. The zero-order chi connectivity index (χ0) is 21.5. The lowest BCUT2D eigenvalue weighted by molar-refractivity contribution is -0.123. The summed E-state index contributed by atoms with van der Waals surface area (Å²) in [6.45, 7) is 9.70. The van der Waals surface area contributed by atoms with Crippen LogP contribution in [0.3, 0.4) is 0 Å². The molecule has 0 spiro atoms. The van der Waals surface area contributed by atoms with Gasteiger partial charge in [0, 0.05) is 24.7 Å². The van der Waals surface area contributed by atoms with Crippen LogP contribution in [0.4, 0.5) is 0 Å². The summed E-state index contributed by atoms with van der Waals surface area (Å²) in [4.78, 5) is 14.9. The van der Waals surface area contributed by atoms with Crippen molar-refractivity contribution in [2.75, 3.05) is 39.5 Å². The van der Waals surface area contributed by atoms with Crippen LogP contribution >= 0.6 is 11.6 Å². The molecule has 0 saturated carbocycles. The van der Waals surface area contributed by atoms with Crippen molar-refractivity contribution >= 4 is 17.5 Å². The van der Waals surface area contributed by atoms with Gasteiger partial charge in [-0.2, -0.15) is 0 Å². The van der Waals surface area contributed by atoms with E-state index in [9.17, 15) is 4.79 Å². The summed E-state index contributed by atoms with van der Waals surface area (Å²) >= 11 is 6.46. The smallest absolute Gasteiger partial charge is 0.258 e. The van der Waals surface area contributed by atoms with E-state index >= 15 is 0 Å². The van der Waals surface area contributed by atoms with E-state index in [2.05, 4.69) is 36.2 Å². The number of benzene rings is 2. The molecule has 162 valence electrons. The largest absolute Gasteiger partial charge is 0.483 e. The van der Waals surface area contributed by atoms with Gasteiger partial charge in [0.1, 0.15) is 5.75 Å². The maximum absolute atomic E-state index is 12.6. The summed E-state index contributed by atoms with van der Waals surface area (Å²) in [5, 5.41) is 3.74. The number of hydrogen-bond acceptors (Lipinski definition) is 4. The topological polar surface area (TPSA) is 50.8 Å². The zero-order valence-corrected chi connectivity index (χ0v) is 18.7. The van der Waals surface area contributed by atoms with Gasteiger partial charge in [0.25, 0.3) is 5.91 Å². The monoisotopic (exact) mass is 430 g/mol. The minimum atomic E-state index is -0.142. The van der Waals surface area contributed by atoms with Crippen molar-refractivity contribution in [3.05, 3.63) is 64.2 Å². The average molecular weight is 431 g/mol. The molecule has 0 radical (unpaired) electrons. The number of halogens is 1. The van der Waals surface area contributed by atoms with E-state index in [1.807, 2.05) is 37.3 Å². The van der Waals surface area contributed by atoms with E-state index in [0.717, 1.165) is 35.5 Å². The van der Waals surface area contributed by atoms with Crippen LogP contribution in [0.2, 0.25) is 5.02 Å². The number of nitrogens with zero attached hydrogens (tertiary/aromatic N) is 1. The molecule has 0 aliphatic carbocycles. The van der Waals surface area contributed by atoms with Crippen molar-refractivity contribution in [1.29, 1.82) is 0 Å². The van der Waals surface area contributed by atoms with Crippen molar-refractivity contribution in [2.24, 2.45) is 0 Å². The predicted octanol–water partition coefficient (Wildman–Crippen LogP) is 4.34. The predicted molar refractivity (Wildman–Crippen MR) is 120 cm³/mol. The molecule has 0 bridgehead atoms. The molecule has 1 saturated heterocycles. The number of ether oxygens (including phenoxy) is 2. The number of carbonyl (C=O) groups excluding carboxylic acids is 1. The maximum Gasteiger partial charge on any atom is 0.258 e. The van der Waals surface area contributed by atoms with Crippen LogP contribution in [-0.2, 0) is 9.53 Å².